The van der Waals surface area contributed by atoms with Gasteiger partial charge >= 0.3 is 0 Å². The molecule has 266 valence electrons. The second kappa shape index (κ2) is 13.6. The highest BCUT2D eigenvalue weighted by Gasteiger charge is 2.18. The van der Waals surface area contributed by atoms with Gasteiger partial charge in [-0.1, -0.05) is 182 Å². The van der Waals surface area contributed by atoms with Crippen molar-refractivity contribution in [3.8, 4) is 62.1 Å². The summed E-state index contributed by atoms with van der Waals surface area (Å²) in [5.74, 6) is 1.93. The maximum absolute atomic E-state index is 5.01. The minimum Gasteiger partial charge on any atom is -0.309 e. The van der Waals surface area contributed by atoms with Crippen LogP contribution in [0.15, 0.2) is 206 Å². The molecule has 9 aromatic carbocycles. The Morgan fingerprint density at radius 2 is 0.596 bits per heavy atom. The number of benzene rings is 9. The molecular formula is C53H34N4. The SMILES string of the molecule is c1ccc(-c2ccc(-c3nc(-c4ccccc4)nc(-c4ccc(-c5ccc(-n6c7ccc8ccccc8c7c7c8ccccc8ccc76)cc5)cc4)n3)cc2)cc1. The first-order valence-electron chi connectivity index (χ1n) is 19.3. The molecule has 0 aliphatic rings. The van der Waals surface area contributed by atoms with Crippen LogP contribution in [0.25, 0.3) is 105 Å². The first-order chi connectivity index (χ1) is 28.2. The molecule has 11 rings (SSSR count). The van der Waals surface area contributed by atoms with Crippen LogP contribution in [0.4, 0.5) is 0 Å². The lowest BCUT2D eigenvalue weighted by atomic mass is 10.00. The van der Waals surface area contributed by atoms with Crippen molar-refractivity contribution in [2.45, 2.75) is 0 Å². The largest absolute Gasteiger partial charge is 0.309 e. The van der Waals surface area contributed by atoms with Gasteiger partial charge in [-0.15, -0.1) is 0 Å². The van der Waals surface area contributed by atoms with Gasteiger partial charge in [-0.05, 0) is 68.1 Å². The highest BCUT2D eigenvalue weighted by molar-refractivity contribution is 6.28. The second-order valence-electron chi connectivity index (χ2n) is 14.4. The summed E-state index contributed by atoms with van der Waals surface area (Å²) in [4.78, 5) is 14.9. The lowest BCUT2D eigenvalue weighted by Crippen LogP contribution is -2.00. The van der Waals surface area contributed by atoms with Crippen LogP contribution in [0, 0.1) is 0 Å². The minimum atomic E-state index is 0.638. The van der Waals surface area contributed by atoms with E-state index in [0.29, 0.717) is 17.5 Å². The number of hydrogen-bond donors (Lipinski definition) is 0. The van der Waals surface area contributed by atoms with Gasteiger partial charge in [0.25, 0.3) is 0 Å². The van der Waals surface area contributed by atoms with Crippen molar-refractivity contribution in [3.05, 3.63) is 206 Å². The summed E-state index contributed by atoms with van der Waals surface area (Å²) in [6.07, 6.45) is 0. The van der Waals surface area contributed by atoms with Crippen LogP contribution in [0.1, 0.15) is 0 Å². The Balaban J connectivity index is 0.957. The van der Waals surface area contributed by atoms with Crippen molar-refractivity contribution < 1.29 is 0 Å². The molecule has 0 saturated carbocycles. The quantitative estimate of drug-likeness (QED) is 0.171. The number of hydrogen-bond acceptors (Lipinski definition) is 3. The summed E-state index contributed by atoms with van der Waals surface area (Å²) in [5.41, 5.74) is 11.0. The van der Waals surface area contributed by atoms with Gasteiger partial charge in [-0.2, -0.15) is 0 Å². The van der Waals surface area contributed by atoms with Gasteiger partial charge < -0.3 is 4.57 Å². The summed E-state index contributed by atoms with van der Waals surface area (Å²) >= 11 is 0. The van der Waals surface area contributed by atoms with E-state index in [4.69, 9.17) is 15.0 Å². The van der Waals surface area contributed by atoms with Crippen LogP contribution in [0.2, 0.25) is 0 Å². The van der Waals surface area contributed by atoms with Crippen LogP contribution in [-0.4, -0.2) is 19.5 Å². The Morgan fingerprint density at radius 1 is 0.263 bits per heavy atom. The van der Waals surface area contributed by atoms with Gasteiger partial charge in [0.1, 0.15) is 0 Å². The molecule has 57 heavy (non-hydrogen) atoms. The zero-order chi connectivity index (χ0) is 37.7. The molecule has 2 heterocycles. The number of nitrogens with zero attached hydrogens (tertiary/aromatic N) is 4. The highest BCUT2D eigenvalue weighted by atomic mass is 15.0. The fraction of sp³-hybridized carbons (Fsp3) is 0. The fourth-order valence-electron chi connectivity index (χ4n) is 8.23. The zero-order valence-electron chi connectivity index (χ0n) is 30.9. The van der Waals surface area contributed by atoms with Gasteiger partial charge in [-0.25, -0.2) is 15.0 Å². The van der Waals surface area contributed by atoms with E-state index in [9.17, 15) is 0 Å². The second-order valence-corrected chi connectivity index (χ2v) is 14.4. The molecule has 0 bridgehead atoms. The predicted octanol–water partition coefficient (Wildman–Crippen LogP) is 13.6. The summed E-state index contributed by atoms with van der Waals surface area (Å²) in [7, 11) is 0. The van der Waals surface area contributed by atoms with Crippen molar-refractivity contribution in [1.29, 1.82) is 0 Å². The zero-order valence-corrected chi connectivity index (χ0v) is 30.9. The maximum Gasteiger partial charge on any atom is 0.164 e. The van der Waals surface area contributed by atoms with E-state index < -0.39 is 0 Å². The Kier molecular flexibility index (Phi) is 7.78. The third-order valence-corrected chi connectivity index (χ3v) is 11.1. The fourth-order valence-corrected chi connectivity index (χ4v) is 8.23. The molecule has 0 aliphatic carbocycles. The molecule has 4 nitrogen and oxygen atoms in total. The van der Waals surface area contributed by atoms with Gasteiger partial charge in [-0.3, -0.25) is 0 Å². The lowest BCUT2D eigenvalue weighted by Gasteiger charge is -2.11. The average molecular weight is 727 g/mol. The summed E-state index contributed by atoms with van der Waals surface area (Å²) in [5, 5.41) is 7.63. The van der Waals surface area contributed by atoms with Crippen LogP contribution >= 0.6 is 0 Å². The molecule has 2 aromatic heterocycles. The normalized spacial score (nSPS) is 11.5. The molecule has 0 saturated heterocycles. The maximum atomic E-state index is 5.01. The number of aromatic nitrogens is 4. The average Bonchev–Trinajstić information content (AvgIpc) is 3.65. The van der Waals surface area contributed by atoms with Crippen LogP contribution in [0.3, 0.4) is 0 Å². The first-order valence-corrected chi connectivity index (χ1v) is 19.3. The van der Waals surface area contributed by atoms with Gasteiger partial charge in [0.2, 0.25) is 0 Å². The van der Waals surface area contributed by atoms with E-state index >= 15 is 0 Å². The van der Waals surface area contributed by atoms with E-state index in [1.807, 2.05) is 36.4 Å². The molecule has 11 aromatic rings. The molecule has 0 aliphatic heterocycles. The third-order valence-electron chi connectivity index (χ3n) is 11.1. The van der Waals surface area contributed by atoms with E-state index in [1.54, 1.807) is 0 Å². The Morgan fingerprint density at radius 3 is 1.05 bits per heavy atom. The molecule has 0 atom stereocenters. The van der Waals surface area contributed by atoms with Crippen molar-refractivity contribution in [3.63, 3.8) is 0 Å². The van der Waals surface area contributed by atoms with E-state index in [0.717, 1.165) is 39.1 Å². The van der Waals surface area contributed by atoms with E-state index in [-0.39, 0.29) is 0 Å². The molecular weight excluding hydrogens is 693 g/mol. The topological polar surface area (TPSA) is 43.6 Å². The highest BCUT2D eigenvalue weighted by Crippen LogP contribution is 2.41. The van der Waals surface area contributed by atoms with Crippen molar-refractivity contribution in [1.82, 2.24) is 19.5 Å². The summed E-state index contributed by atoms with van der Waals surface area (Å²) in [6.45, 7) is 0. The summed E-state index contributed by atoms with van der Waals surface area (Å²) < 4.78 is 2.41. The molecule has 4 heteroatoms. The predicted molar refractivity (Wildman–Crippen MR) is 236 cm³/mol. The van der Waals surface area contributed by atoms with Crippen molar-refractivity contribution in [2.75, 3.05) is 0 Å². The third kappa shape index (κ3) is 5.74. The molecule has 0 unspecified atom stereocenters. The van der Waals surface area contributed by atoms with Crippen molar-refractivity contribution in [2.24, 2.45) is 0 Å². The van der Waals surface area contributed by atoms with Crippen LogP contribution in [0.5, 0.6) is 0 Å². The standard InChI is InChI=1S/C53H34N4/c1-3-11-35(12-4-1)36-19-23-42(24-20-36)52-54-51(41-15-5-2-6-16-41)55-53(56-52)43-25-21-37(22-26-43)38-27-31-44(32-28-38)57-47-33-29-39-13-7-9-17-45(39)49(47)50-46-18-10-8-14-40(46)30-34-48(50)57/h1-34H. The van der Waals surface area contributed by atoms with E-state index in [1.165, 1.54) is 48.9 Å². The smallest absolute Gasteiger partial charge is 0.164 e. The molecule has 0 amide bonds. The van der Waals surface area contributed by atoms with Crippen molar-refractivity contribution >= 4 is 43.4 Å². The molecule has 0 fully saturated rings. The van der Waals surface area contributed by atoms with Gasteiger partial charge in [0.05, 0.1) is 11.0 Å². The Labute approximate surface area is 330 Å². The molecule has 0 N–H and O–H groups in total. The number of rotatable bonds is 6. The van der Waals surface area contributed by atoms with Crippen LogP contribution < -0.4 is 0 Å². The molecule has 0 spiro atoms. The Hall–Kier alpha value is -7.69. The van der Waals surface area contributed by atoms with Gasteiger partial charge in [0.15, 0.2) is 17.5 Å². The minimum absolute atomic E-state index is 0.638. The Bertz CT molecular complexity index is 3150. The molecule has 0 radical (unpaired) electrons. The summed E-state index contributed by atoms with van der Waals surface area (Å²) in [6, 6.07) is 72.8. The monoisotopic (exact) mass is 726 g/mol. The van der Waals surface area contributed by atoms with E-state index in [2.05, 4.69) is 174 Å². The number of fused-ring (bicyclic) bond motifs is 7. The van der Waals surface area contributed by atoms with Gasteiger partial charge in [0, 0.05) is 33.2 Å². The first kappa shape index (κ1) is 32.7. The lowest BCUT2D eigenvalue weighted by molar-refractivity contribution is 1.07. The van der Waals surface area contributed by atoms with Crippen LogP contribution in [-0.2, 0) is 0 Å².